The van der Waals surface area contributed by atoms with E-state index in [2.05, 4.69) is 44.5 Å². The molecule has 1 amide bonds. The summed E-state index contributed by atoms with van der Waals surface area (Å²) in [5, 5.41) is 4.14. The van der Waals surface area contributed by atoms with Gasteiger partial charge in [0.1, 0.15) is 5.82 Å². The highest BCUT2D eigenvalue weighted by atomic mass is 16.1. The maximum Gasteiger partial charge on any atom is 0.259 e. The topological polar surface area (TPSA) is 71.0 Å². The average molecular weight is 438 g/mol. The Labute approximate surface area is 193 Å². The van der Waals surface area contributed by atoms with Crippen molar-refractivity contribution >= 4 is 22.5 Å². The lowest BCUT2D eigenvalue weighted by molar-refractivity contribution is 0.102. The van der Waals surface area contributed by atoms with Gasteiger partial charge < -0.3 is 5.32 Å². The predicted octanol–water partition coefficient (Wildman–Crippen LogP) is 4.97. The molecule has 1 aliphatic rings. The maximum absolute atomic E-state index is 12.6. The van der Waals surface area contributed by atoms with Gasteiger partial charge in [0, 0.05) is 35.9 Å². The molecule has 166 valence electrons. The zero-order valence-corrected chi connectivity index (χ0v) is 18.7. The van der Waals surface area contributed by atoms with Crippen molar-refractivity contribution in [3.63, 3.8) is 0 Å². The number of nitrogens with one attached hydrogen (secondary N) is 1. The standard InChI is InChI=1S/C27H27N5O/c1-19-24(27(33)31-22-8-3-2-4-9-22)17-29-26(30-19)20-12-15-32(16-13-20)18-21-7-5-11-25-23(21)10-6-14-28-25/h2-11,14,17,20H,12-13,15-16,18H2,1H3,(H,31,33). The molecule has 0 atom stereocenters. The van der Waals surface area contributed by atoms with E-state index in [1.807, 2.05) is 49.5 Å². The number of carbonyl (C=O) groups is 1. The summed E-state index contributed by atoms with van der Waals surface area (Å²) in [5.41, 5.74) is 4.37. The smallest absolute Gasteiger partial charge is 0.259 e. The number of carbonyl (C=O) groups excluding carboxylic acids is 1. The second kappa shape index (κ2) is 9.46. The number of aryl methyl sites for hydroxylation is 1. The lowest BCUT2D eigenvalue weighted by Gasteiger charge is -2.31. The first kappa shape index (κ1) is 21.2. The van der Waals surface area contributed by atoms with Crippen LogP contribution >= 0.6 is 0 Å². The summed E-state index contributed by atoms with van der Waals surface area (Å²) in [4.78, 5) is 28.9. The summed E-state index contributed by atoms with van der Waals surface area (Å²) in [6.07, 6.45) is 5.54. The Morgan fingerprint density at radius 1 is 1.00 bits per heavy atom. The number of hydrogen-bond acceptors (Lipinski definition) is 5. The van der Waals surface area contributed by atoms with E-state index in [9.17, 15) is 4.79 Å². The van der Waals surface area contributed by atoms with Gasteiger partial charge in [-0.05, 0) is 62.7 Å². The summed E-state index contributed by atoms with van der Waals surface area (Å²) < 4.78 is 0. The number of anilines is 1. The zero-order chi connectivity index (χ0) is 22.6. The molecule has 4 aromatic rings. The summed E-state index contributed by atoms with van der Waals surface area (Å²) in [7, 11) is 0. The van der Waals surface area contributed by atoms with E-state index in [0.29, 0.717) is 11.5 Å². The quantitative estimate of drug-likeness (QED) is 0.478. The number of aromatic nitrogens is 3. The van der Waals surface area contributed by atoms with Gasteiger partial charge in [0.15, 0.2) is 0 Å². The number of piperidine rings is 1. The molecule has 2 aromatic carbocycles. The first-order valence-electron chi connectivity index (χ1n) is 11.4. The molecule has 0 radical (unpaired) electrons. The number of hydrogen-bond donors (Lipinski definition) is 1. The monoisotopic (exact) mass is 437 g/mol. The molecule has 0 saturated carbocycles. The minimum atomic E-state index is -0.176. The van der Waals surface area contributed by atoms with Gasteiger partial charge >= 0.3 is 0 Å². The molecule has 0 aliphatic carbocycles. The highest BCUT2D eigenvalue weighted by Crippen LogP contribution is 2.28. The summed E-state index contributed by atoms with van der Waals surface area (Å²) >= 11 is 0. The lowest BCUT2D eigenvalue weighted by Crippen LogP contribution is -2.33. The molecular weight excluding hydrogens is 410 g/mol. The third-order valence-electron chi connectivity index (χ3n) is 6.36. The predicted molar refractivity (Wildman–Crippen MR) is 130 cm³/mol. The van der Waals surface area contributed by atoms with Gasteiger partial charge in [0.25, 0.3) is 5.91 Å². The highest BCUT2D eigenvalue weighted by Gasteiger charge is 2.24. The molecule has 1 N–H and O–H groups in total. The number of pyridine rings is 1. The summed E-state index contributed by atoms with van der Waals surface area (Å²) in [6.45, 7) is 4.81. The van der Waals surface area contributed by atoms with Crippen molar-refractivity contribution in [1.82, 2.24) is 19.9 Å². The van der Waals surface area contributed by atoms with Crippen LogP contribution in [0.1, 0.15) is 46.2 Å². The molecule has 1 saturated heterocycles. The van der Waals surface area contributed by atoms with Crippen LogP contribution < -0.4 is 5.32 Å². The molecule has 0 unspecified atom stereocenters. The lowest BCUT2D eigenvalue weighted by atomic mass is 9.95. The Hall–Kier alpha value is -3.64. The third-order valence-corrected chi connectivity index (χ3v) is 6.36. The maximum atomic E-state index is 12.6. The second-order valence-electron chi connectivity index (χ2n) is 8.59. The number of para-hydroxylation sites is 1. The number of amides is 1. The van der Waals surface area contributed by atoms with Gasteiger partial charge in [-0.3, -0.25) is 14.7 Å². The van der Waals surface area contributed by atoms with Crippen LogP contribution in [0.3, 0.4) is 0 Å². The van der Waals surface area contributed by atoms with Gasteiger partial charge in [-0.25, -0.2) is 9.97 Å². The first-order valence-corrected chi connectivity index (χ1v) is 11.4. The first-order chi connectivity index (χ1) is 16.2. The molecular formula is C27H27N5O. The van der Waals surface area contributed by atoms with Crippen molar-refractivity contribution in [2.75, 3.05) is 18.4 Å². The van der Waals surface area contributed by atoms with E-state index in [1.165, 1.54) is 10.9 Å². The van der Waals surface area contributed by atoms with Gasteiger partial charge in [-0.2, -0.15) is 0 Å². The molecule has 5 rings (SSSR count). The molecule has 33 heavy (non-hydrogen) atoms. The summed E-state index contributed by atoms with van der Waals surface area (Å²) in [6, 6.07) is 19.9. The number of benzene rings is 2. The molecule has 0 bridgehead atoms. The van der Waals surface area contributed by atoms with E-state index < -0.39 is 0 Å². The average Bonchev–Trinajstić information content (AvgIpc) is 2.85. The number of nitrogens with zero attached hydrogens (tertiary/aromatic N) is 4. The van der Waals surface area contributed by atoms with Crippen molar-refractivity contribution in [1.29, 1.82) is 0 Å². The summed E-state index contributed by atoms with van der Waals surface area (Å²) in [5.74, 6) is 0.989. The molecule has 1 fully saturated rings. The van der Waals surface area contributed by atoms with E-state index in [4.69, 9.17) is 4.98 Å². The molecule has 3 heterocycles. The van der Waals surface area contributed by atoms with Crippen LogP contribution in [0.4, 0.5) is 5.69 Å². The van der Waals surface area contributed by atoms with Gasteiger partial charge in [0.2, 0.25) is 0 Å². The van der Waals surface area contributed by atoms with Crippen molar-refractivity contribution in [3.8, 4) is 0 Å². The fourth-order valence-electron chi connectivity index (χ4n) is 4.52. The minimum Gasteiger partial charge on any atom is -0.322 e. The van der Waals surface area contributed by atoms with E-state index >= 15 is 0 Å². The van der Waals surface area contributed by atoms with Crippen LogP contribution in [0, 0.1) is 6.92 Å². The number of likely N-dealkylation sites (tertiary alicyclic amines) is 1. The van der Waals surface area contributed by atoms with E-state index in [-0.39, 0.29) is 5.91 Å². The van der Waals surface area contributed by atoms with Crippen LogP contribution in [-0.2, 0) is 6.54 Å². The molecule has 2 aromatic heterocycles. The fraction of sp³-hybridized carbons (Fsp3) is 0.259. The largest absolute Gasteiger partial charge is 0.322 e. The molecule has 6 nitrogen and oxygen atoms in total. The third kappa shape index (κ3) is 4.76. The van der Waals surface area contributed by atoms with Crippen molar-refractivity contribution in [2.24, 2.45) is 0 Å². The molecule has 1 aliphatic heterocycles. The van der Waals surface area contributed by atoms with Crippen molar-refractivity contribution in [2.45, 2.75) is 32.2 Å². The van der Waals surface area contributed by atoms with Crippen LogP contribution in [0.2, 0.25) is 0 Å². The van der Waals surface area contributed by atoms with E-state index in [1.54, 1.807) is 6.20 Å². The van der Waals surface area contributed by atoms with Crippen LogP contribution in [0.5, 0.6) is 0 Å². The Morgan fingerprint density at radius 2 is 1.82 bits per heavy atom. The second-order valence-corrected chi connectivity index (χ2v) is 8.59. The fourth-order valence-corrected chi connectivity index (χ4v) is 4.52. The molecule has 0 spiro atoms. The van der Waals surface area contributed by atoms with Crippen LogP contribution in [0.15, 0.2) is 73.1 Å². The number of rotatable bonds is 5. The Bertz CT molecular complexity index is 1260. The number of fused-ring (bicyclic) bond motifs is 1. The van der Waals surface area contributed by atoms with Gasteiger partial charge in [-0.15, -0.1) is 0 Å². The zero-order valence-electron chi connectivity index (χ0n) is 18.7. The SMILES string of the molecule is Cc1nc(C2CCN(Cc3cccc4ncccc34)CC2)ncc1C(=O)Nc1ccccc1. The Morgan fingerprint density at radius 3 is 2.61 bits per heavy atom. The normalized spacial score (nSPS) is 14.9. The Balaban J connectivity index is 1.22. The van der Waals surface area contributed by atoms with Gasteiger partial charge in [-0.1, -0.05) is 36.4 Å². The van der Waals surface area contributed by atoms with Crippen molar-refractivity contribution in [3.05, 3.63) is 95.7 Å². The van der Waals surface area contributed by atoms with Crippen molar-refractivity contribution < 1.29 is 4.79 Å². The van der Waals surface area contributed by atoms with E-state index in [0.717, 1.165) is 55.2 Å². The highest BCUT2D eigenvalue weighted by molar-refractivity contribution is 6.04. The van der Waals surface area contributed by atoms with Crippen LogP contribution in [0.25, 0.3) is 10.9 Å². The molecule has 6 heteroatoms. The minimum absolute atomic E-state index is 0.176. The van der Waals surface area contributed by atoms with Gasteiger partial charge in [0.05, 0.1) is 16.8 Å². The Kier molecular flexibility index (Phi) is 6.09. The van der Waals surface area contributed by atoms with Crippen LogP contribution in [-0.4, -0.2) is 38.8 Å².